The fourth-order valence-electron chi connectivity index (χ4n) is 1.36. The van der Waals surface area contributed by atoms with E-state index in [1.165, 1.54) is 0 Å². The number of hydrogen-bond donors (Lipinski definition) is 0. The van der Waals surface area contributed by atoms with Crippen molar-refractivity contribution in [1.82, 2.24) is 0 Å². The van der Waals surface area contributed by atoms with Crippen molar-refractivity contribution in [2.24, 2.45) is 0 Å². The number of unbranched alkanes of at least 4 members (excludes halogenated alkanes) is 1. The van der Waals surface area contributed by atoms with Crippen molar-refractivity contribution in [3.05, 3.63) is 0 Å². The van der Waals surface area contributed by atoms with E-state index in [9.17, 15) is 8.42 Å². The molecule has 3 nitrogen and oxygen atoms in total. The smallest absolute Gasteiger partial charge is 0.238 e. The molecule has 1 aliphatic carbocycles. The Morgan fingerprint density at radius 2 is 2.00 bits per heavy atom. The number of hydrogen-bond acceptors (Lipinski definition) is 3. The average Bonchev–Trinajstić information content (AvgIpc) is 2.84. The Morgan fingerprint density at radius 1 is 1.36 bits per heavy atom. The van der Waals surface area contributed by atoms with Crippen molar-refractivity contribution in [1.29, 1.82) is 0 Å². The minimum Gasteiger partial charge on any atom is -0.381 e. The summed E-state index contributed by atoms with van der Waals surface area (Å²) in [5, 5.41) is 0. The van der Waals surface area contributed by atoms with Crippen LogP contribution in [0, 0.1) is 0 Å². The van der Waals surface area contributed by atoms with Gasteiger partial charge in [0.25, 0.3) is 0 Å². The molecule has 0 aromatic heterocycles. The van der Waals surface area contributed by atoms with Gasteiger partial charge in [-0.1, -0.05) is 13.3 Å². The van der Waals surface area contributed by atoms with Crippen LogP contribution in [0.25, 0.3) is 0 Å². The topological polar surface area (TPSA) is 43.4 Å². The molecule has 0 heterocycles. The van der Waals surface area contributed by atoms with Crippen molar-refractivity contribution in [2.45, 2.75) is 43.8 Å². The summed E-state index contributed by atoms with van der Waals surface area (Å²) in [7, 11) is 1.95. The third-order valence-electron chi connectivity index (χ3n) is 2.67. The molecular weight excluding hydrogens is 224 g/mol. The Morgan fingerprint density at radius 3 is 2.43 bits per heavy atom. The van der Waals surface area contributed by atoms with E-state index >= 15 is 0 Å². The molecule has 0 aromatic carbocycles. The van der Waals surface area contributed by atoms with Gasteiger partial charge in [0, 0.05) is 23.9 Å². The molecule has 0 radical (unpaired) electrons. The van der Waals surface area contributed by atoms with E-state index in [0.717, 1.165) is 19.4 Å². The van der Waals surface area contributed by atoms with E-state index < -0.39 is 13.8 Å². The van der Waals surface area contributed by atoms with Gasteiger partial charge in [0.05, 0.1) is 4.75 Å². The van der Waals surface area contributed by atoms with E-state index in [1.807, 2.05) is 0 Å². The molecule has 0 amide bonds. The maximum Gasteiger partial charge on any atom is 0.238 e. The molecule has 0 aromatic rings. The predicted octanol–water partition coefficient (Wildman–Crippen LogP) is 2.29. The van der Waals surface area contributed by atoms with Gasteiger partial charge < -0.3 is 4.74 Å². The summed E-state index contributed by atoms with van der Waals surface area (Å²) in [5.74, 6) is 0. The molecule has 0 aliphatic heterocycles. The first-order chi connectivity index (χ1) is 6.52. The summed E-state index contributed by atoms with van der Waals surface area (Å²) in [5.41, 5.74) is 0. The molecule has 0 saturated heterocycles. The molecule has 0 spiro atoms. The summed E-state index contributed by atoms with van der Waals surface area (Å²) in [4.78, 5) is 0. The predicted molar refractivity (Wildman–Crippen MR) is 57.1 cm³/mol. The van der Waals surface area contributed by atoms with E-state index in [1.54, 1.807) is 0 Å². The highest BCUT2D eigenvalue weighted by Crippen LogP contribution is 2.48. The second-order valence-electron chi connectivity index (χ2n) is 3.84. The van der Waals surface area contributed by atoms with Crippen molar-refractivity contribution in [3.63, 3.8) is 0 Å². The lowest BCUT2D eigenvalue weighted by atomic mass is 10.3. The van der Waals surface area contributed by atoms with Gasteiger partial charge >= 0.3 is 0 Å². The first-order valence-corrected chi connectivity index (χ1v) is 7.35. The Bertz CT molecular complexity index is 270. The highest BCUT2D eigenvalue weighted by atomic mass is 35.7. The van der Waals surface area contributed by atoms with Gasteiger partial charge in [-0.2, -0.15) is 0 Å². The molecule has 0 unspecified atom stereocenters. The number of ether oxygens (including phenoxy) is 1. The van der Waals surface area contributed by atoms with Crippen molar-refractivity contribution in [3.8, 4) is 0 Å². The molecule has 84 valence electrons. The highest BCUT2D eigenvalue weighted by molar-refractivity contribution is 8.15. The first kappa shape index (κ1) is 12.3. The second-order valence-corrected chi connectivity index (χ2v) is 6.80. The largest absolute Gasteiger partial charge is 0.381 e. The average molecular weight is 241 g/mol. The second kappa shape index (κ2) is 4.81. The van der Waals surface area contributed by atoms with E-state index in [4.69, 9.17) is 15.4 Å². The van der Waals surface area contributed by atoms with Crippen LogP contribution in [-0.2, 0) is 13.8 Å². The molecule has 5 heteroatoms. The SMILES string of the molecule is CCCCOCCC1(S(=O)(=O)Cl)CC1. The van der Waals surface area contributed by atoms with Crippen LogP contribution in [0.3, 0.4) is 0 Å². The van der Waals surface area contributed by atoms with Crippen molar-refractivity contribution >= 4 is 19.7 Å². The zero-order valence-electron chi connectivity index (χ0n) is 8.46. The van der Waals surface area contributed by atoms with Gasteiger partial charge in [-0.15, -0.1) is 0 Å². The van der Waals surface area contributed by atoms with Gasteiger partial charge in [-0.05, 0) is 25.7 Å². The Kier molecular flexibility index (Phi) is 4.22. The van der Waals surface area contributed by atoms with Crippen LogP contribution < -0.4 is 0 Å². The minimum absolute atomic E-state index is 0.506. The first-order valence-electron chi connectivity index (χ1n) is 5.04. The molecule has 0 bridgehead atoms. The summed E-state index contributed by atoms with van der Waals surface area (Å²) in [6.45, 7) is 3.32. The van der Waals surface area contributed by atoms with Gasteiger partial charge in [0.15, 0.2) is 0 Å². The fraction of sp³-hybridized carbons (Fsp3) is 1.00. The standard InChI is InChI=1S/C9H17ClO3S/c1-2-3-7-13-8-6-9(4-5-9)14(10,11)12/h2-8H2,1H3. The van der Waals surface area contributed by atoms with E-state index in [-0.39, 0.29) is 0 Å². The fourth-order valence-corrected chi connectivity index (χ4v) is 2.97. The summed E-state index contributed by atoms with van der Waals surface area (Å²) >= 11 is 0. The van der Waals surface area contributed by atoms with Crippen LogP contribution in [0.1, 0.15) is 39.0 Å². The Labute approximate surface area is 90.2 Å². The van der Waals surface area contributed by atoms with Crippen molar-refractivity contribution in [2.75, 3.05) is 13.2 Å². The number of halogens is 1. The maximum absolute atomic E-state index is 11.1. The van der Waals surface area contributed by atoms with Crippen molar-refractivity contribution < 1.29 is 13.2 Å². The molecule has 1 aliphatic rings. The summed E-state index contributed by atoms with van der Waals surface area (Å²) in [6.07, 6.45) is 4.05. The Balaban J connectivity index is 2.19. The van der Waals surface area contributed by atoms with Crippen LogP contribution in [-0.4, -0.2) is 26.4 Å². The third kappa shape index (κ3) is 3.11. The molecule has 14 heavy (non-hydrogen) atoms. The molecule has 1 rings (SSSR count). The summed E-state index contributed by atoms with van der Waals surface area (Å²) in [6, 6.07) is 0. The Hall–Kier alpha value is 0.200. The molecular formula is C9H17ClO3S. The van der Waals surface area contributed by atoms with Gasteiger partial charge in [0.2, 0.25) is 9.05 Å². The van der Waals surface area contributed by atoms with Gasteiger partial charge in [-0.3, -0.25) is 0 Å². The quantitative estimate of drug-likeness (QED) is 0.507. The molecule has 1 fully saturated rings. The number of rotatable bonds is 7. The van der Waals surface area contributed by atoms with Crippen LogP contribution in [0.2, 0.25) is 0 Å². The minimum atomic E-state index is -3.39. The van der Waals surface area contributed by atoms with E-state index in [2.05, 4.69) is 6.92 Å². The lowest BCUT2D eigenvalue weighted by molar-refractivity contribution is 0.127. The normalized spacial score (nSPS) is 19.6. The van der Waals surface area contributed by atoms with Gasteiger partial charge in [0.1, 0.15) is 0 Å². The monoisotopic (exact) mass is 240 g/mol. The maximum atomic E-state index is 11.1. The highest BCUT2D eigenvalue weighted by Gasteiger charge is 2.53. The van der Waals surface area contributed by atoms with Gasteiger partial charge in [-0.25, -0.2) is 8.42 Å². The van der Waals surface area contributed by atoms with Crippen LogP contribution in [0.15, 0.2) is 0 Å². The third-order valence-corrected chi connectivity index (χ3v) is 5.30. The molecule has 1 saturated carbocycles. The van der Waals surface area contributed by atoms with Crippen LogP contribution >= 0.6 is 10.7 Å². The molecule has 0 N–H and O–H groups in total. The molecule has 0 atom stereocenters. The zero-order valence-corrected chi connectivity index (χ0v) is 10.0. The zero-order chi connectivity index (χ0) is 10.7. The van der Waals surface area contributed by atoms with E-state index in [0.29, 0.717) is 25.9 Å². The lowest BCUT2D eigenvalue weighted by Gasteiger charge is -2.10. The van der Waals surface area contributed by atoms with Crippen LogP contribution in [0.4, 0.5) is 0 Å². The summed E-state index contributed by atoms with van der Waals surface area (Å²) < 4.78 is 27.0. The van der Waals surface area contributed by atoms with Crippen LogP contribution in [0.5, 0.6) is 0 Å². The lowest BCUT2D eigenvalue weighted by Crippen LogP contribution is -2.20.